The first-order chi connectivity index (χ1) is 9.99. The van der Waals surface area contributed by atoms with Crippen LogP contribution in [0, 0.1) is 18.3 Å². The van der Waals surface area contributed by atoms with Gasteiger partial charge < -0.3 is 11.1 Å². The van der Waals surface area contributed by atoms with Crippen LogP contribution in [-0.2, 0) is 0 Å². The van der Waals surface area contributed by atoms with Crippen LogP contribution in [0.3, 0.4) is 0 Å². The lowest BCUT2D eigenvalue weighted by molar-refractivity contribution is 0.668. The third-order valence-corrected chi connectivity index (χ3v) is 4.74. The van der Waals surface area contributed by atoms with Crippen LogP contribution in [0.4, 0.5) is 0 Å². The quantitative estimate of drug-likeness (QED) is 0.802. The monoisotopic (exact) mass is 337 g/mol. The van der Waals surface area contributed by atoms with Crippen LogP contribution >= 0.6 is 34.5 Å². The molecule has 0 spiro atoms. The fourth-order valence-corrected chi connectivity index (χ4v) is 3.67. The summed E-state index contributed by atoms with van der Waals surface area (Å²) in [5, 5.41) is 13.4. The standard InChI is InChI=1S/C15H13Cl2N3S/c1-3-20-15(19)14-13(11(7-18)8(2)21-14)10-5-4-9(16)6-12(10)17/h3-6,15,20H,1,19H2,2H3. The number of nitrogens with zero attached hydrogens (tertiary/aromatic N) is 1. The summed E-state index contributed by atoms with van der Waals surface area (Å²) in [5.41, 5.74) is 8.20. The Morgan fingerprint density at radius 1 is 1.48 bits per heavy atom. The van der Waals surface area contributed by atoms with Gasteiger partial charge in [-0.25, -0.2) is 0 Å². The maximum atomic E-state index is 9.44. The minimum absolute atomic E-state index is 0.449. The van der Waals surface area contributed by atoms with Gasteiger partial charge in [-0.15, -0.1) is 11.3 Å². The molecular formula is C15H13Cl2N3S. The van der Waals surface area contributed by atoms with E-state index in [1.165, 1.54) is 17.5 Å². The zero-order valence-corrected chi connectivity index (χ0v) is 13.6. The largest absolute Gasteiger partial charge is 0.372 e. The van der Waals surface area contributed by atoms with Gasteiger partial charge in [-0.3, -0.25) is 0 Å². The second-order valence-electron chi connectivity index (χ2n) is 4.36. The lowest BCUT2D eigenvalue weighted by atomic mass is 10.00. The summed E-state index contributed by atoms with van der Waals surface area (Å²) in [4.78, 5) is 1.74. The van der Waals surface area contributed by atoms with Crippen molar-refractivity contribution in [3.63, 3.8) is 0 Å². The molecule has 108 valence electrons. The van der Waals surface area contributed by atoms with Crippen LogP contribution in [0.2, 0.25) is 10.0 Å². The molecule has 0 aliphatic carbocycles. The van der Waals surface area contributed by atoms with Crippen LogP contribution in [0.5, 0.6) is 0 Å². The van der Waals surface area contributed by atoms with E-state index in [-0.39, 0.29) is 0 Å². The Kier molecular flexibility index (Phi) is 4.92. The molecule has 1 aromatic carbocycles. The Labute approximate surface area is 137 Å². The van der Waals surface area contributed by atoms with Crippen LogP contribution < -0.4 is 11.1 Å². The SMILES string of the molecule is C=CNC(N)c1sc(C)c(C#N)c1-c1ccc(Cl)cc1Cl. The van der Waals surface area contributed by atoms with E-state index in [4.69, 9.17) is 28.9 Å². The minimum Gasteiger partial charge on any atom is -0.372 e. The zero-order valence-electron chi connectivity index (χ0n) is 11.3. The number of hydrogen-bond donors (Lipinski definition) is 2. The van der Waals surface area contributed by atoms with Gasteiger partial charge in [0.15, 0.2) is 0 Å². The molecule has 0 aliphatic heterocycles. The summed E-state index contributed by atoms with van der Waals surface area (Å²) in [6, 6.07) is 7.43. The lowest BCUT2D eigenvalue weighted by Crippen LogP contribution is -2.23. The van der Waals surface area contributed by atoms with E-state index in [1.54, 1.807) is 18.2 Å². The molecule has 0 bridgehead atoms. The van der Waals surface area contributed by atoms with E-state index >= 15 is 0 Å². The summed E-state index contributed by atoms with van der Waals surface area (Å²) in [5.74, 6) is 0. The molecule has 1 heterocycles. The molecule has 2 rings (SSSR count). The Balaban J connectivity index is 2.71. The first kappa shape index (κ1) is 15.9. The minimum atomic E-state index is -0.449. The Morgan fingerprint density at radius 3 is 2.76 bits per heavy atom. The normalized spacial score (nSPS) is 11.8. The number of nitrogens with two attached hydrogens (primary N) is 1. The molecule has 1 atom stereocenters. The van der Waals surface area contributed by atoms with Gasteiger partial charge in [0.1, 0.15) is 12.2 Å². The van der Waals surface area contributed by atoms with Gasteiger partial charge in [0, 0.05) is 26.0 Å². The first-order valence-electron chi connectivity index (χ1n) is 6.11. The number of thiophene rings is 1. The van der Waals surface area contributed by atoms with E-state index < -0.39 is 6.17 Å². The molecule has 1 aromatic heterocycles. The Bertz CT molecular complexity index is 731. The molecule has 21 heavy (non-hydrogen) atoms. The summed E-state index contributed by atoms with van der Waals surface area (Å²) >= 11 is 13.7. The average Bonchev–Trinajstić information content (AvgIpc) is 2.76. The van der Waals surface area contributed by atoms with E-state index in [2.05, 4.69) is 18.0 Å². The fourth-order valence-electron chi connectivity index (χ4n) is 2.08. The summed E-state index contributed by atoms with van der Waals surface area (Å²) in [6.45, 7) is 5.50. The molecule has 6 heteroatoms. The van der Waals surface area contributed by atoms with E-state index in [9.17, 15) is 5.26 Å². The van der Waals surface area contributed by atoms with Gasteiger partial charge in [0.05, 0.1) is 10.4 Å². The molecule has 0 saturated heterocycles. The molecule has 0 amide bonds. The van der Waals surface area contributed by atoms with Crippen molar-refractivity contribution < 1.29 is 0 Å². The van der Waals surface area contributed by atoms with Crippen LogP contribution in [-0.4, -0.2) is 0 Å². The summed E-state index contributed by atoms with van der Waals surface area (Å²) in [7, 11) is 0. The number of rotatable bonds is 4. The molecule has 2 aromatic rings. The smallest absolute Gasteiger partial charge is 0.110 e. The van der Waals surface area contributed by atoms with Gasteiger partial charge in [-0.1, -0.05) is 35.8 Å². The van der Waals surface area contributed by atoms with Gasteiger partial charge in [0.2, 0.25) is 0 Å². The summed E-state index contributed by atoms with van der Waals surface area (Å²) in [6.07, 6.45) is 1.08. The highest BCUT2D eigenvalue weighted by atomic mass is 35.5. The van der Waals surface area contributed by atoms with Crippen LogP contribution in [0.1, 0.15) is 21.5 Å². The van der Waals surface area contributed by atoms with Crippen molar-refractivity contribution in [3.8, 4) is 17.2 Å². The molecule has 0 saturated carbocycles. The van der Waals surface area contributed by atoms with E-state index in [0.717, 1.165) is 20.9 Å². The third-order valence-electron chi connectivity index (χ3n) is 3.00. The Morgan fingerprint density at radius 2 is 2.19 bits per heavy atom. The second-order valence-corrected chi connectivity index (χ2v) is 6.46. The molecule has 3 nitrogen and oxygen atoms in total. The predicted molar refractivity (Wildman–Crippen MR) is 89.5 cm³/mol. The number of hydrogen-bond acceptors (Lipinski definition) is 4. The fraction of sp³-hybridized carbons (Fsp3) is 0.133. The molecule has 0 aliphatic rings. The van der Waals surface area contributed by atoms with Gasteiger partial charge >= 0.3 is 0 Å². The molecule has 1 unspecified atom stereocenters. The van der Waals surface area contributed by atoms with Crippen molar-refractivity contribution in [3.05, 3.63) is 56.3 Å². The number of benzene rings is 1. The van der Waals surface area contributed by atoms with Crippen molar-refractivity contribution >= 4 is 34.5 Å². The Hall–Kier alpha value is -1.51. The highest BCUT2D eigenvalue weighted by Crippen LogP contribution is 2.41. The molecule has 3 N–H and O–H groups in total. The average molecular weight is 338 g/mol. The lowest BCUT2D eigenvalue weighted by Gasteiger charge is -2.14. The van der Waals surface area contributed by atoms with Crippen LogP contribution in [0.15, 0.2) is 31.0 Å². The van der Waals surface area contributed by atoms with Gasteiger partial charge in [-0.2, -0.15) is 5.26 Å². The summed E-state index contributed by atoms with van der Waals surface area (Å²) < 4.78 is 0. The van der Waals surface area contributed by atoms with Crippen molar-refractivity contribution in [1.82, 2.24) is 5.32 Å². The van der Waals surface area contributed by atoms with Crippen molar-refractivity contribution in [2.75, 3.05) is 0 Å². The van der Waals surface area contributed by atoms with Crippen molar-refractivity contribution in [2.45, 2.75) is 13.1 Å². The van der Waals surface area contributed by atoms with E-state index in [1.807, 2.05) is 6.92 Å². The molecular weight excluding hydrogens is 325 g/mol. The first-order valence-corrected chi connectivity index (χ1v) is 7.68. The maximum Gasteiger partial charge on any atom is 0.110 e. The molecule has 0 radical (unpaired) electrons. The van der Waals surface area contributed by atoms with Crippen LogP contribution in [0.25, 0.3) is 11.1 Å². The molecule has 0 fully saturated rings. The topological polar surface area (TPSA) is 61.8 Å². The zero-order chi connectivity index (χ0) is 15.6. The number of aryl methyl sites for hydroxylation is 1. The third kappa shape index (κ3) is 3.07. The van der Waals surface area contributed by atoms with Gasteiger partial charge in [0.25, 0.3) is 0 Å². The number of nitrogens with one attached hydrogen (secondary N) is 1. The highest BCUT2D eigenvalue weighted by Gasteiger charge is 2.22. The predicted octanol–water partition coefficient (Wildman–Crippen LogP) is 4.59. The van der Waals surface area contributed by atoms with Gasteiger partial charge in [-0.05, 0) is 25.3 Å². The van der Waals surface area contributed by atoms with Crippen molar-refractivity contribution in [1.29, 1.82) is 5.26 Å². The maximum absolute atomic E-state index is 9.44. The van der Waals surface area contributed by atoms with Crippen molar-refractivity contribution in [2.24, 2.45) is 5.73 Å². The number of halogens is 2. The van der Waals surface area contributed by atoms with E-state index in [0.29, 0.717) is 15.6 Å². The number of nitriles is 1. The highest BCUT2D eigenvalue weighted by molar-refractivity contribution is 7.12. The second kappa shape index (κ2) is 6.50.